The van der Waals surface area contributed by atoms with Gasteiger partial charge in [-0.1, -0.05) is 30.3 Å². The second kappa shape index (κ2) is 9.18. The molecule has 166 valence electrons. The average molecular weight is 434 g/mol. The molecular weight excluding hydrogens is 406 g/mol. The summed E-state index contributed by atoms with van der Waals surface area (Å²) in [7, 11) is 0. The number of nitrogens with zero attached hydrogens (tertiary/aromatic N) is 1. The molecule has 6 nitrogen and oxygen atoms in total. The summed E-state index contributed by atoms with van der Waals surface area (Å²) in [4.78, 5) is 12.8. The van der Waals surface area contributed by atoms with Gasteiger partial charge in [0.05, 0.1) is 25.5 Å². The van der Waals surface area contributed by atoms with Gasteiger partial charge in [-0.2, -0.15) is 0 Å². The molecule has 32 heavy (non-hydrogen) atoms. The van der Waals surface area contributed by atoms with Crippen LogP contribution < -0.4 is 15.0 Å². The molecule has 5 rings (SSSR count). The number of aromatic nitrogens is 1. The summed E-state index contributed by atoms with van der Waals surface area (Å²) in [6, 6.07) is 17.8. The molecule has 0 saturated carbocycles. The van der Waals surface area contributed by atoms with Crippen LogP contribution in [0.3, 0.4) is 0 Å². The lowest BCUT2D eigenvalue weighted by molar-refractivity contribution is -0.101. The maximum absolute atomic E-state index is 12.8. The van der Waals surface area contributed by atoms with Gasteiger partial charge in [0, 0.05) is 23.7 Å². The lowest BCUT2D eigenvalue weighted by atomic mass is 9.94. The Morgan fingerprint density at radius 2 is 1.94 bits per heavy atom. The van der Waals surface area contributed by atoms with E-state index in [2.05, 4.69) is 24.3 Å². The molecule has 0 radical (unpaired) electrons. The molecule has 1 fully saturated rings. The number of pyridine rings is 1. The zero-order chi connectivity index (χ0) is 21.9. The van der Waals surface area contributed by atoms with E-state index in [-0.39, 0.29) is 11.7 Å². The van der Waals surface area contributed by atoms with E-state index >= 15 is 0 Å². The molecule has 6 heteroatoms. The highest BCUT2D eigenvalue weighted by Gasteiger charge is 2.23. The molecule has 3 heterocycles. The first-order valence-electron chi connectivity index (χ1n) is 11.1. The minimum atomic E-state index is -0.112. The molecule has 2 aromatic carbocycles. The van der Waals surface area contributed by atoms with Crippen molar-refractivity contribution >= 4 is 0 Å². The maximum Gasteiger partial charge on any atom is 0.254 e. The second-order valence-electron chi connectivity index (χ2n) is 8.19. The quantitative estimate of drug-likeness (QED) is 0.593. The number of ether oxygens (including phenoxy) is 4. The van der Waals surface area contributed by atoms with Crippen molar-refractivity contribution < 1.29 is 18.9 Å². The Labute approximate surface area is 187 Å². The van der Waals surface area contributed by atoms with Crippen LogP contribution in [0.5, 0.6) is 11.5 Å². The Morgan fingerprint density at radius 1 is 1.06 bits per heavy atom. The molecule has 2 aliphatic rings. The van der Waals surface area contributed by atoms with Gasteiger partial charge in [0.1, 0.15) is 30.8 Å². The lowest BCUT2D eigenvalue weighted by Crippen LogP contribution is -2.34. The van der Waals surface area contributed by atoms with Crippen LogP contribution in [-0.4, -0.2) is 37.1 Å². The van der Waals surface area contributed by atoms with Crippen LogP contribution in [-0.2, 0) is 29.0 Å². The van der Waals surface area contributed by atoms with E-state index in [1.807, 2.05) is 35.8 Å². The number of hydrogen-bond acceptors (Lipinski definition) is 5. The Morgan fingerprint density at radius 3 is 2.75 bits per heavy atom. The van der Waals surface area contributed by atoms with Crippen LogP contribution in [0.15, 0.2) is 59.4 Å². The van der Waals surface area contributed by atoms with E-state index in [4.69, 9.17) is 18.9 Å². The van der Waals surface area contributed by atoms with Gasteiger partial charge in [-0.05, 0) is 42.7 Å². The summed E-state index contributed by atoms with van der Waals surface area (Å²) >= 11 is 0. The van der Waals surface area contributed by atoms with Crippen molar-refractivity contribution in [2.75, 3.05) is 26.4 Å². The van der Waals surface area contributed by atoms with Crippen LogP contribution in [0.2, 0.25) is 0 Å². The van der Waals surface area contributed by atoms with Crippen molar-refractivity contribution in [3.8, 4) is 22.8 Å². The van der Waals surface area contributed by atoms with E-state index < -0.39 is 0 Å². The zero-order valence-electron chi connectivity index (χ0n) is 18.2. The summed E-state index contributed by atoms with van der Waals surface area (Å²) in [6.07, 6.45) is 0.677. The SMILES string of the molecule is Cc1c(OC[C@@H]2COCCO2)cc(=O)n2c1-c1ccc(OCc3ccccc3)cc1CC2. The van der Waals surface area contributed by atoms with Gasteiger partial charge in [-0.25, -0.2) is 0 Å². The largest absolute Gasteiger partial charge is 0.490 e. The first-order chi connectivity index (χ1) is 15.7. The third-order valence-corrected chi connectivity index (χ3v) is 6.01. The zero-order valence-corrected chi connectivity index (χ0v) is 18.2. The Hall–Kier alpha value is -3.09. The molecule has 1 atom stereocenters. The van der Waals surface area contributed by atoms with E-state index in [1.54, 1.807) is 6.07 Å². The lowest BCUT2D eigenvalue weighted by Gasteiger charge is -2.27. The van der Waals surface area contributed by atoms with Gasteiger partial charge in [0.2, 0.25) is 0 Å². The molecule has 0 N–H and O–H groups in total. The number of benzene rings is 2. The molecule has 0 unspecified atom stereocenters. The average Bonchev–Trinajstić information content (AvgIpc) is 2.84. The standard InChI is InChI=1S/C26H27NO5/c1-18-24(32-17-22-16-29-11-12-30-22)14-25(28)27-10-9-20-13-21(7-8-23(20)26(18)27)31-15-19-5-3-2-4-6-19/h2-8,13-14,22H,9-12,15-17H2,1H3/t22-/m0/s1. The molecule has 0 bridgehead atoms. The minimum Gasteiger partial charge on any atom is -0.490 e. The van der Waals surface area contributed by atoms with Gasteiger partial charge in [0.15, 0.2) is 0 Å². The first-order valence-corrected chi connectivity index (χ1v) is 11.1. The Balaban J connectivity index is 1.39. The summed E-state index contributed by atoms with van der Waals surface area (Å²) in [5, 5.41) is 0. The normalized spacial score (nSPS) is 17.3. The summed E-state index contributed by atoms with van der Waals surface area (Å²) < 4.78 is 25.0. The maximum atomic E-state index is 12.8. The monoisotopic (exact) mass is 433 g/mol. The minimum absolute atomic E-state index is 0.0449. The van der Waals surface area contributed by atoms with Gasteiger partial charge in [-0.3, -0.25) is 4.79 Å². The van der Waals surface area contributed by atoms with Crippen molar-refractivity contribution in [1.82, 2.24) is 4.57 Å². The van der Waals surface area contributed by atoms with Gasteiger partial charge >= 0.3 is 0 Å². The van der Waals surface area contributed by atoms with Crippen LogP contribution in [0.25, 0.3) is 11.3 Å². The number of hydrogen-bond donors (Lipinski definition) is 0. The highest BCUT2D eigenvalue weighted by Crippen LogP contribution is 2.36. The van der Waals surface area contributed by atoms with E-state index in [0.29, 0.717) is 45.3 Å². The van der Waals surface area contributed by atoms with E-state index in [0.717, 1.165) is 34.6 Å². The Bertz CT molecular complexity index is 1150. The number of rotatable bonds is 6. The second-order valence-corrected chi connectivity index (χ2v) is 8.19. The predicted molar refractivity (Wildman–Crippen MR) is 121 cm³/mol. The predicted octanol–water partition coefficient (Wildman–Crippen LogP) is 3.75. The third kappa shape index (κ3) is 4.29. The molecule has 0 spiro atoms. The molecule has 2 aliphatic heterocycles. The smallest absolute Gasteiger partial charge is 0.254 e. The van der Waals surface area contributed by atoms with Crippen molar-refractivity contribution in [3.05, 3.63) is 81.6 Å². The van der Waals surface area contributed by atoms with Crippen molar-refractivity contribution in [2.45, 2.75) is 32.6 Å². The molecule has 1 saturated heterocycles. The van der Waals surface area contributed by atoms with E-state index in [9.17, 15) is 4.79 Å². The fraction of sp³-hybridized carbons (Fsp3) is 0.346. The third-order valence-electron chi connectivity index (χ3n) is 6.01. The summed E-state index contributed by atoms with van der Waals surface area (Å²) in [5.41, 5.74) is 5.20. The highest BCUT2D eigenvalue weighted by molar-refractivity contribution is 5.71. The molecule has 0 aliphatic carbocycles. The Kier molecular flexibility index (Phi) is 5.97. The fourth-order valence-electron chi connectivity index (χ4n) is 4.33. The highest BCUT2D eigenvalue weighted by atomic mass is 16.6. The van der Waals surface area contributed by atoms with Gasteiger partial charge in [-0.15, -0.1) is 0 Å². The van der Waals surface area contributed by atoms with Crippen LogP contribution >= 0.6 is 0 Å². The molecule has 3 aromatic rings. The number of fused-ring (bicyclic) bond motifs is 3. The molecular formula is C26H27NO5. The molecule has 1 aromatic heterocycles. The van der Waals surface area contributed by atoms with Crippen LogP contribution in [0.1, 0.15) is 16.7 Å². The van der Waals surface area contributed by atoms with Gasteiger partial charge in [0.25, 0.3) is 5.56 Å². The van der Waals surface area contributed by atoms with Crippen molar-refractivity contribution in [2.24, 2.45) is 0 Å². The van der Waals surface area contributed by atoms with Crippen LogP contribution in [0, 0.1) is 6.92 Å². The number of aryl methyl sites for hydroxylation is 1. The van der Waals surface area contributed by atoms with Crippen molar-refractivity contribution in [3.63, 3.8) is 0 Å². The summed E-state index contributed by atoms with van der Waals surface area (Å²) in [5.74, 6) is 1.44. The van der Waals surface area contributed by atoms with Crippen molar-refractivity contribution in [1.29, 1.82) is 0 Å². The molecule has 0 amide bonds. The topological polar surface area (TPSA) is 58.9 Å². The fourth-order valence-corrected chi connectivity index (χ4v) is 4.33. The first kappa shape index (κ1) is 20.8. The van der Waals surface area contributed by atoms with E-state index in [1.165, 1.54) is 5.56 Å². The summed E-state index contributed by atoms with van der Waals surface area (Å²) in [6.45, 7) is 5.24. The van der Waals surface area contributed by atoms with Gasteiger partial charge < -0.3 is 23.5 Å². The van der Waals surface area contributed by atoms with Crippen LogP contribution in [0.4, 0.5) is 0 Å².